The summed E-state index contributed by atoms with van der Waals surface area (Å²) in [6, 6.07) is 4.43. The van der Waals surface area contributed by atoms with Crippen LogP contribution in [0.3, 0.4) is 0 Å². The van der Waals surface area contributed by atoms with Crippen LogP contribution in [-0.4, -0.2) is 9.97 Å². The van der Waals surface area contributed by atoms with E-state index in [9.17, 15) is 4.39 Å². The van der Waals surface area contributed by atoms with Gasteiger partial charge in [-0.2, -0.15) is 0 Å². The van der Waals surface area contributed by atoms with Gasteiger partial charge in [-0.15, -0.1) is 0 Å². The molecule has 0 spiro atoms. The van der Waals surface area contributed by atoms with Crippen molar-refractivity contribution in [3.8, 4) is 11.6 Å². The molecule has 0 aliphatic carbocycles. The van der Waals surface area contributed by atoms with E-state index in [2.05, 4.69) is 25.9 Å². The minimum absolute atomic E-state index is 0.0513. The topological polar surface area (TPSA) is 61.0 Å². The molecule has 2 N–H and O–H groups in total. The van der Waals surface area contributed by atoms with Gasteiger partial charge in [0.1, 0.15) is 0 Å². The fourth-order valence-electron chi connectivity index (χ4n) is 1.08. The number of hydrogen-bond donors (Lipinski definition) is 1. The molecule has 4 nitrogen and oxygen atoms in total. The first kappa shape index (κ1) is 10.8. The molecule has 0 saturated carbocycles. The molecule has 2 aromatic rings. The average Bonchev–Trinajstić information content (AvgIpc) is 2.25. The summed E-state index contributed by atoms with van der Waals surface area (Å²) in [6.45, 7) is 0. The summed E-state index contributed by atoms with van der Waals surface area (Å²) in [4.78, 5) is 7.63. The maximum Gasteiger partial charge on any atom is 0.262 e. The van der Waals surface area contributed by atoms with Gasteiger partial charge in [-0.1, -0.05) is 15.9 Å². The first-order valence-corrected chi connectivity index (χ1v) is 5.15. The molecular weight excluding hydrogens is 277 g/mol. The van der Waals surface area contributed by atoms with E-state index in [1.807, 2.05) is 0 Å². The molecule has 1 aromatic heterocycles. The number of nitrogens with two attached hydrogens (primary N) is 1. The second-order valence-corrected chi connectivity index (χ2v) is 3.84. The van der Waals surface area contributed by atoms with Crippen LogP contribution in [0.15, 0.2) is 35.1 Å². The Kier molecular flexibility index (Phi) is 3.00. The number of aromatic nitrogens is 2. The van der Waals surface area contributed by atoms with Gasteiger partial charge in [0.2, 0.25) is 0 Å². The normalized spacial score (nSPS) is 10.1. The Morgan fingerprint density at radius 2 is 2.00 bits per heavy atom. The largest absolute Gasteiger partial charge is 0.433 e. The van der Waals surface area contributed by atoms with Crippen molar-refractivity contribution >= 4 is 21.7 Å². The van der Waals surface area contributed by atoms with Crippen LogP contribution in [0.2, 0.25) is 0 Å². The smallest absolute Gasteiger partial charge is 0.262 e. The third-order valence-corrected chi connectivity index (χ3v) is 2.29. The number of halogens is 2. The van der Waals surface area contributed by atoms with Gasteiger partial charge < -0.3 is 10.5 Å². The van der Waals surface area contributed by atoms with Gasteiger partial charge >= 0.3 is 0 Å². The molecule has 82 valence electrons. The monoisotopic (exact) mass is 283 g/mol. The third-order valence-electron chi connectivity index (χ3n) is 1.79. The van der Waals surface area contributed by atoms with Crippen LogP contribution >= 0.6 is 15.9 Å². The van der Waals surface area contributed by atoms with Gasteiger partial charge in [-0.3, -0.25) is 0 Å². The van der Waals surface area contributed by atoms with Crippen molar-refractivity contribution in [3.63, 3.8) is 0 Å². The number of anilines is 1. The Morgan fingerprint density at radius 3 is 2.69 bits per heavy atom. The number of hydrogen-bond acceptors (Lipinski definition) is 4. The van der Waals surface area contributed by atoms with Crippen molar-refractivity contribution in [3.05, 3.63) is 40.9 Å². The second-order valence-electron chi connectivity index (χ2n) is 2.92. The molecule has 2 rings (SSSR count). The van der Waals surface area contributed by atoms with E-state index in [1.54, 1.807) is 6.07 Å². The quantitative estimate of drug-likeness (QED) is 0.921. The van der Waals surface area contributed by atoms with Crippen molar-refractivity contribution in [1.82, 2.24) is 9.97 Å². The Labute approximate surface area is 99.4 Å². The first-order chi connectivity index (χ1) is 7.66. The van der Waals surface area contributed by atoms with Crippen LogP contribution in [-0.2, 0) is 0 Å². The Balaban J connectivity index is 2.31. The van der Waals surface area contributed by atoms with Crippen molar-refractivity contribution < 1.29 is 9.13 Å². The molecule has 0 fully saturated rings. The summed E-state index contributed by atoms with van der Waals surface area (Å²) < 4.78 is 19.3. The highest BCUT2D eigenvalue weighted by atomic mass is 79.9. The Hall–Kier alpha value is -1.69. The van der Waals surface area contributed by atoms with E-state index < -0.39 is 5.82 Å². The number of nitrogen functional groups attached to an aromatic ring is 1. The number of nitrogens with zero attached hydrogens (tertiary/aromatic N) is 2. The Morgan fingerprint density at radius 1 is 1.25 bits per heavy atom. The lowest BCUT2D eigenvalue weighted by Gasteiger charge is -2.06. The number of rotatable bonds is 2. The second kappa shape index (κ2) is 4.44. The van der Waals surface area contributed by atoms with Gasteiger partial charge in [-0.25, -0.2) is 14.4 Å². The van der Waals surface area contributed by atoms with Crippen LogP contribution in [0.5, 0.6) is 11.6 Å². The van der Waals surface area contributed by atoms with E-state index in [0.29, 0.717) is 4.47 Å². The molecule has 0 bridgehead atoms. The molecule has 16 heavy (non-hydrogen) atoms. The highest BCUT2D eigenvalue weighted by Gasteiger charge is 2.08. The zero-order valence-electron chi connectivity index (χ0n) is 8.02. The maximum absolute atomic E-state index is 13.4. The fraction of sp³-hybridized carbons (Fsp3) is 0. The molecule has 0 unspecified atom stereocenters. The van der Waals surface area contributed by atoms with E-state index in [1.165, 1.54) is 24.5 Å². The predicted molar refractivity (Wildman–Crippen MR) is 60.6 cm³/mol. The van der Waals surface area contributed by atoms with E-state index >= 15 is 0 Å². The molecule has 0 amide bonds. The molecule has 0 radical (unpaired) electrons. The standard InChI is InChI=1S/C10H7BrFN3O/c11-6-1-2-8(7(12)5-6)16-10-9(13)14-3-4-15-10/h1-5H,(H2,13,14). The summed E-state index contributed by atoms with van der Waals surface area (Å²) in [6.07, 6.45) is 2.85. The summed E-state index contributed by atoms with van der Waals surface area (Å²) >= 11 is 3.15. The summed E-state index contributed by atoms with van der Waals surface area (Å²) in [5, 5.41) is 0. The van der Waals surface area contributed by atoms with E-state index in [4.69, 9.17) is 10.5 Å². The highest BCUT2D eigenvalue weighted by molar-refractivity contribution is 9.10. The third kappa shape index (κ3) is 2.27. The fourth-order valence-corrected chi connectivity index (χ4v) is 1.41. The van der Waals surface area contributed by atoms with Gasteiger partial charge in [-0.05, 0) is 18.2 Å². The SMILES string of the molecule is Nc1nccnc1Oc1ccc(Br)cc1F. The highest BCUT2D eigenvalue weighted by Crippen LogP contribution is 2.27. The molecule has 0 saturated heterocycles. The summed E-state index contributed by atoms with van der Waals surface area (Å²) in [7, 11) is 0. The van der Waals surface area contributed by atoms with Crippen molar-refractivity contribution in [2.75, 3.05) is 5.73 Å². The van der Waals surface area contributed by atoms with Crippen LogP contribution in [0, 0.1) is 5.82 Å². The lowest BCUT2D eigenvalue weighted by molar-refractivity contribution is 0.427. The van der Waals surface area contributed by atoms with Gasteiger partial charge in [0.15, 0.2) is 17.4 Å². The van der Waals surface area contributed by atoms with Crippen molar-refractivity contribution in [2.24, 2.45) is 0 Å². The van der Waals surface area contributed by atoms with Gasteiger partial charge in [0.25, 0.3) is 5.88 Å². The minimum atomic E-state index is -0.501. The maximum atomic E-state index is 13.4. The zero-order chi connectivity index (χ0) is 11.5. The number of ether oxygens (including phenoxy) is 1. The van der Waals surface area contributed by atoms with Crippen LogP contribution in [0.25, 0.3) is 0 Å². The predicted octanol–water partition coefficient (Wildman–Crippen LogP) is 2.75. The number of benzene rings is 1. The Bertz CT molecular complexity index is 521. The summed E-state index contributed by atoms with van der Waals surface area (Å²) in [5.74, 6) is -0.247. The lowest BCUT2D eigenvalue weighted by atomic mass is 10.3. The van der Waals surface area contributed by atoms with Crippen LogP contribution in [0.4, 0.5) is 10.2 Å². The molecule has 1 heterocycles. The van der Waals surface area contributed by atoms with Gasteiger partial charge in [0.05, 0.1) is 0 Å². The van der Waals surface area contributed by atoms with E-state index in [0.717, 1.165) is 0 Å². The van der Waals surface area contributed by atoms with Crippen molar-refractivity contribution in [2.45, 2.75) is 0 Å². The van der Waals surface area contributed by atoms with Crippen LogP contribution in [0.1, 0.15) is 0 Å². The van der Waals surface area contributed by atoms with Crippen LogP contribution < -0.4 is 10.5 Å². The lowest BCUT2D eigenvalue weighted by Crippen LogP contribution is -1.98. The molecule has 6 heteroatoms. The van der Waals surface area contributed by atoms with Crippen molar-refractivity contribution in [1.29, 1.82) is 0 Å². The first-order valence-electron chi connectivity index (χ1n) is 4.36. The zero-order valence-corrected chi connectivity index (χ0v) is 9.61. The minimum Gasteiger partial charge on any atom is -0.433 e. The molecule has 0 aliphatic heterocycles. The molecular formula is C10H7BrFN3O. The van der Waals surface area contributed by atoms with Gasteiger partial charge in [0, 0.05) is 16.9 Å². The molecule has 0 atom stereocenters. The average molecular weight is 284 g/mol. The molecule has 1 aromatic carbocycles. The molecule has 0 aliphatic rings. The summed E-state index contributed by atoms with van der Waals surface area (Å²) in [5.41, 5.74) is 5.52. The van der Waals surface area contributed by atoms with E-state index in [-0.39, 0.29) is 17.4 Å².